The molecule has 1 aromatic carbocycles. The number of hydrogen-bond acceptors (Lipinski definition) is 6. The van der Waals surface area contributed by atoms with Crippen molar-refractivity contribution in [3.8, 4) is 5.69 Å². The van der Waals surface area contributed by atoms with E-state index in [1.807, 2.05) is 36.1 Å². The van der Waals surface area contributed by atoms with E-state index in [1.54, 1.807) is 16.8 Å². The summed E-state index contributed by atoms with van der Waals surface area (Å²) in [6, 6.07) is 11.5. The molecule has 1 amide bonds. The first-order valence-corrected chi connectivity index (χ1v) is 9.51. The number of halogens is 1. The summed E-state index contributed by atoms with van der Waals surface area (Å²) in [6.45, 7) is 5.48. The predicted octanol–water partition coefficient (Wildman–Crippen LogP) is 2.28. The lowest BCUT2D eigenvalue weighted by atomic mass is 10.2. The second-order valence-corrected chi connectivity index (χ2v) is 7.30. The molecule has 8 nitrogen and oxygen atoms in total. The summed E-state index contributed by atoms with van der Waals surface area (Å²) >= 11 is 3.23. The molecule has 0 saturated carbocycles. The Morgan fingerprint density at radius 1 is 1.11 bits per heavy atom. The van der Waals surface area contributed by atoms with Gasteiger partial charge in [-0.1, -0.05) is 17.7 Å². The van der Waals surface area contributed by atoms with Crippen LogP contribution in [0.5, 0.6) is 0 Å². The Kier molecular flexibility index (Phi) is 5.04. The number of carbonyl (C=O) groups excluding carboxylic acids is 1. The number of aromatic nitrogens is 4. The quantitative estimate of drug-likeness (QED) is 0.631. The van der Waals surface area contributed by atoms with Crippen molar-refractivity contribution in [2.75, 3.05) is 26.2 Å². The van der Waals surface area contributed by atoms with Crippen LogP contribution in [-0.4, -0.2) is 62.1 Å². The fourth-order valence-electron chi connectivity index (χ4n) is 3.08. The molecule has 0 bridgehead atoms. The molecule has 0 radical (unpaired) electrons. The predicted molar refractivity (Wildman–Crippen MR) is 101 cm³/mol. The average molecular weight is 431 g/mol. The van der Waals surface area contributed by atoms with Gasteiger partial charge in [-0.05, 0) is 57.5 Å². The Morgan fingerprint density at radius 2 is 1.85 bits per heavy atom. The monoisotopic (exact) mass is 430 g/mol. The number of benzene rings is 1. The molecule has 4 rings (SSSR count). The molecule has 0 aliphatic carbocycles. The Labute approximate surface area is 164 Å². The van der Waals surface area contributed by atoms with Crippen LogP contribution in [0, 0.1) is 6.92 Å². The lowest BCUT2D eigenvalue weighted by molar-refractivity contribution is 0.0592. The topological polar surface area (TPSA) is 80.3 Å². The highest BCUT2D eigenvalue weighted by molar-refractivity contribution is 9.10. The third-order valence-corrected chi connectivity index (χ3v) is 5.05. The van der Waals surface area contributed by atoms with Gasteiger partial charge >= 0.3 is 0 Å². The smallest absolute Gasteiger partial charge is 0.289 e. The van der Waals surface area contributed by atoms with Gasteiger partial charge in [0.25, 0.3) is 5.91 Å². The first-order chi connectivity index (χ1) is 13.1. The molecule has 1 aliphatic heterocycles. The van der Waals surface area contributed by atoms with Crippen LogP contribution in [-0.2, 0) is 6.54 Å². The van der Waals surface area contributed by atoms with Gasteiger partial charge in [-0.15, -0.1) is 5.10 Å². The minimum Gasteiger partial charge on any atom is -0.444 e. The summed E-state index contributed by atoms with van der Waals surface area (Å²) in [7, 11) is 0. The van der Waals surface area contributed by atoms with Crippen molar-refractivity contribution in [3.63, 3.8) is 0 Å². The van der Waals surface area contributed by atoms with E-state index in [2.05, 4.69) is 36.4 Å². The van der Waals surface area contributed by atoms with E-state index in [4.69, 9.17) is 4.42 Å². The number of piperazine rings is 1. The Morgan fingerprint density at radius 3 is 2.52 bits per heavy atom. The Bertz CT molecular complexity index is 927. The number of hydrogen-bond donors (Lipinski definition) is 0. The largest absolute Gasteiger partial charge is 0.444 e. The first-order valence-electron chi connectivity index (χ1n) is 8.71. The Hall–Kier alpha value is -2.52. The van der Waals surface area contributed by atoms with Crippen molar-refractivity contribution < 1.29 is 9.21 Å². The summed E-state index contributed by atoms with van der Waals surface area (Å²) in [6.07, 6.45) is 0. The lowest BCUT2D eigenvalue weighted by Gasteiger charge is -2.33. The molecule has 9 heteroatoms. The number of amides is 1. The molecule has 0 spiro atoms. The number of furan rings is 1. The molecule has 3 heterocycles. The summed E-state index contributed by atoms with van der Waals surface area (Å²) in [4.78, 5) is 16.5. The molecule has 140 valence electrons. The zero-order valence-electron chi connectivity index (χ0n) is 14.9. The number of nitrogens with zero attached hydrogens (tertiary/aromatic N) is 6. The average Bonchev–Trinajstić information content (AvgIpc) is 3.32. The van der Waals surface area contributed by atoms with Crippen LogP contribution in [0.4, 0.5) is 0 Å². The van der Waals surface area contributed by atoms with Gasteiger partial charge in [-0.2, -0.15) is 4.68 Å². The molecule has 1 saturated heterocycles. The number of carbonyl (C=O) groups is 1. The molecule has 0 atom stereocenters. The maximum Gasteiger partial charge on any atom is 0.289 e. The van der Waals surface area contributed by atoms with Crippen molar-refractivity contribution in [2.45, 2.75) is 13.5 Å². The van der Waals surface area contributed by atoms with E-state index in [0.717, 1.165) is 24.6 Å². The van der Waals surface area contributed by atoms with Crippen LogP contribution >= 0.6 is 15.9 Å². The zero-order chi connectivity index (χ0) is 18.8. The van der Waals surface area contributed by atoms with Crippen LogP contribution in [0.2, 0.25) is 0 Å². The fourth-order valence-corrected chi connectivity index (χ4v) is 3.39. The molecular weight excluding hydrogens is 412 g/mol. The van der Waals surface area contributed by atoms with E-state index < -0.39 is 0 Å². The van der Waals surface area contributed by atoms with Crippen molar-refractivity contribution in [2.24, 2.45) is 0 Å². The molecule has 1 fully saturated rings. The highest BCUT2D eigenvalue weighted by Crippen LogP contribution is 2.17. The van der Waals surface area contributed by atoms with Crippen LogP contribution in [0.15, 0.2) is 45.5 Å². The SMILES string of the molecule is Cc1ccc(-n2nnnc2CN2CCN(C(=O)c3ccc(Br)o3)CC2)cc1. The van der Waals surface area contributed by atoms with Gasteiger partial charge in [-0.25, -0.2) is 0 Å². The van der Waals surface area contributed by atoms with Gasteiger partial charge in [-0.3, -0.25) is 9.69 Å². The van der Waals surface area contributed by atoms with Gasteiger partial charge < -0.3 is 9.32 Å². The molecule has 0 N–H and O–H groups in total. The summed E-state index contributed by atoms with van der Waals surface area (Å²) < 4.78 is 7.69. The summed E-state index contributed by atoms with van der Waals surface area (Å²) in [5.74, 6) is 1.07. The minimum atomic E-state index is -0.0789. The van der Waals surface area contributed by atoms with Gasteiger partial charge in [0.05, 0.1) is 12.2 Å². The highest BCUT2D eigenvalue weighted by Gasteiger charge is 2.25. The maximum atomic E-state index is 12.5. The number of tetrazole rings is 1. The normalized spacial score (nSPS) is 15.3. The molecule has 0 unspecified atom stereocenters. The van der Waals surface area contributed by atoms with Gasteiger partial charge in [0.2, 0.25) is 0 Å². The third-order valence-electron chi connectivity index (χ3n) is 4.62. The number of aryl methyl sites for hydroxylation is 1. The Balaban J connectivity index is 1.38. The first kappa shape index (κ1) is 17.9. The summed E-state index contributed by atoms with van der Waals surface area (Å²) in [5, 5.41) is 12.1. The van der Waals surface area contributed by atoms with E-state index in [-0.39, 0.29) is 5.91 Å². The van der Waals surface area contributed by atoms with Crippen molar-refractivity contribution in [1.29, 1.82) is 0 Å². The summed E-state index contributed by atoms with van der Waals surface area (Å²) in [5.41, 5.74) is 2.13. The second-order valence-electron chi connectivity index (χ2n) is 6.51. The van der Waals surface area contributed by atoms with Gasteiger partial charge in [0, 0.05) is 26.2 Å². The molecular formula is C18H19BrN6O2. The molecule has 2 aromatic heterocycles. The van der Waals surface area contributed by atoms with Crippen LogP contribution < -0.4 is 0 Å². The molecule has 1 aliphatic rings. The molecule has 27 heavy (non-hydrogen) atoms. The lowest BCUT2D eigenvalue weighted by Crippen LogP contribution is -2.48. The van der Waals surface area contributed by atoms with Crippen LogP contribution in [0.1, 0.15) is 21.9 Å². The van der Waals surface area contributed by atoms with Crippen molar-refractivity contribution >= 4 is 21.8 Å². The minimum absolute atomic E-state index is 0.0789. The second kappa shape index (κ2) is 7.61. The highest BCUT2D eigenvalue weighted by atomic mass is 79.9. The third kappa shape index (κ3) is 3.93. The zero-order valence-corrected chi connectivity index (χ0v) is 16.5. The van der Waals surface area contributed by atoms with Gasteiger partial charge in [0.1, 0.15) is 0 Å². The standard InChI is InChI=1S/C18H19BrN6O2/c1-13-2-4-14(5-3-13)25-17(20-21-22-25)12-23-8-10-24(11-9-23)18(26)15-6-7-16(19)27-15/h2-7H,8-12H2,1H3. The van der Waals surface area contributed by atoms with E-state index in [1.165, 1.54) is 5.56 Å². The number of rotatable bonds is 4. The molecule has 3 aromatic rings. The van der Waals surface area contributed by atoms with Crippen molar-refractivity contribution in [3.05, 3.63) is 58.2 Å². The van der Waals surface area contributed by atoms with Crippen LogP contribution in [0.25, 0.3) is 5.69 Å². The fraction of sp³-hybridized carbons (Fsp3) is 0.333. The maximum absolute atomic E-state index is 12.5. The van der Waals surface area contributed by atoms with E-state index >= 15 is 0 Å². The van der Waals surface area contributed by atoms with E-state index in [9.17, 15) is 4.79 Å². The van der Waals surface area contributed by atoms with Crippen LogP contribution in [0.3, 0.4) is 0 Å². The van der Waals surface area contributed by atoms with E-state index in [0.29, 0.717) is 30.1 Å². The van der Waals surface area contributed by atoms with Gasteiger partial charge in [0.15, 0.2) is 16.3 Å². The van der Waals surface area contributed by atoms with Crippen molar-refractivity contribution in [1.82, 2.24) is 30.0 Å².